The SMILES string of the molecule is CC(C)c1ccc(-n2c(=O)n(CCc3ccccc3)c(=O)c3c2ncn3CCOc2ccccc2)cc1. The average molecular weight is 495 g/mol. The molecule has 0 saturated heterocycles. The first-order valence-electron chi connectivity index (χ1n) is 12.6. The Bertz CT molecular complexity index is 1600. The normalized spacial score (nSPS) is 11.3. The van der Waals surface area contributed by atoms with E-state index < -0.39 is 5.69 Å². The van der Waals surface area contributed by atoms with Crippen LogP contribution in [0.1, 0.15) is 30.9 Å². The maximum atomic E-state index is 13.7. The summed E-state index contributed by atoms with van der Waals surface area (Å²) in [6.07, 6.45) is 2.18. The quantitative estimate of drug-likeness (QED) is 0.295. The minimum absolute atomic E-state index is 0.271. The van der Waals surface area contributed by atoms with Gasteiger partial charge in [0, 0.05) is 6.54 Å². The summed E-state index contributed by atoms with van der Waals surface area (Å²) in [5, 5.41) is 0. The third kappa shape index (κ3) is 5.11. The van der Waals surface area contributed by atoms with Crippen LogP contribution in [0, 0.1) is 0 Å². The van der Waals surface area contributed by atoms with Crippen molar-refractivity contribution in [1.29, 1.82) is 0 Å². The molecule has 0 fully saturated rings. The van der Waals surface area contributed by atoms with Crippen molar-refractivity contribution in [3.8, 4) is 11.4 Å². The molecule has 0 bridgehead atoms. The van der Waals surface area contributed by atoms with E-state index in [9.17, 15) is 9.59 Å². The number of imidazole rings is 1. The van der Waals surface area contributed by atoms with Crippen LogP contribution < -0.4 is 16.0 Å². The number of aryl methyl sites for hydroxylation is 1. The summed E-state index contributed by atoms with van der Waals surface area (Å²) in [6.45, 7) is 5.31. The van der Waals surface area contributed by atoms with Gasteiger partial charge >= 0.3 is 5.69 Å². The number of benzene rings is 3. The number of fused-ring (bicyclic) bond motifs is 1. The standard InChI is InChI=1S/C30H30N4O3/c1-22(2)24-13-15-25(16-14-24)34-28-27(32(21-31-28)19-20-37-26-11-7-4-8-12-26)29(35)33(30(34)36)18-17-23-9-5-3-6-10-23/h3-16,21-22H,17-20H2,1-2H3. The van der Waals surface area contributed by atoms with Crippen molar-refractivity contribution < 1.29 is 4.74 Å². The Morgan fingerprint density at radius 1 is 0.838 bits per heavy atom. The van der Waals surface area contributed by atoms with Crippen molar-refractivity contribution in [2.75, 3.05) is 6.61 Å². The predicted molar refractivity (Wildman–Crippen MR) is 146 cm³/mol. The van der Waals surface area contributed by atoms with Gasteiger partial charge in [0.25, 0.3) is 5.56 Å². The average Bonchev–Trinajstić information content (AvgIpc) is 3.34. The highest BCUT2D eigenvalue weighted by molar-refractivity contribution is 5.72. The fourth-order valence-electron chi connectivity index (χ4n) is 4.45. The third-order valence-corrected chi connectivity index (χ3v) is 6.53. The van der Waals surface area contributed by atoms with E-state index in [2.05, 4.69) is 18.8 Å². The van der Waals surface area contributed by atoms with Crippen LogP contribution >= 0.6 is 0 Å². The van der Waals surface area contributed by atoms with Crippen LogP contribution in [0.4, 0.5) is 0 Å². The van der Waals surface area contributed by atoms with Gasteiger partial charge in [-0.05, 0) is 47.7 Å². The van der Waals surface area contributed by atoms with E-state index in [1.54, 1.807) is 15.5 Å². The molecule has 0 saturated carbocycles. The Hall–Kier alpha value is -4.39. The van der Waals surface area contributed by atoms with Crippen molar-refractivity contribution in [2.45, 2.75) is 39.3 Å². The second-order valence-corrected chi connectivity index (χ2v) is 9.33. The first-order chi connectivity index (χ1) is 18.0. The zero-order valence-electron chi connectivity index (χ0n) is 21.1. The number of ether oxygens (including phenoxy) is 1. The zero-order chi connectivity index (χ0) is 25.8. The van der Waals surface area contributed by atoms with Gasteiger partial charge in [0.2, 0.25) is 0 Å². The van der Waals surface area contributed by atoms with Gasteiger partial charge in [0.1, 0.15) is 12.4 Å². The Labute approximate surface area is 215 Å². The molecule has 0 amide bonds. The van der Waals surface area contributed by atoms with Crippen LogP contribution in [0.3, 0.4) is 0 Å². The molecule has 5 rings (SSSR count). The predicted octanol–water partition coefficient (Wildman–Crippen LogP) is 4.79. The fraction of sp³-hybridized carbons (Fsp3) is 0.233. The van der Waals surface area contributed by atoms with Gasteiger partial charge in [-0.15, -0.1) is 0 Å². The molecule has 0 unspecified atom stereocenters. The van der Waals surface area contributed by atoms with E-state index in [1.165, 1.54) is 10.1 Å². The lowest BCUT2D eigenvalue weighted by molar-refractivity contribution is 0.300. The van der Waals surface area contributed by atoms with Crippen molar-refractivity contribution in [2.24, 2.45) is 0 Å². The monoisotopic (exact) mass is 494 g/mol. The van der Waals surface area contributed by atoms with Crippen LogP contribution in [0.15, 0.2) is 101 Å². The van der Waals surface area contributed by atoms with Gasteiger partial charge in [-0.2, -0.15) is 0 Å². The summed E-state index contributed by atoms with van der Waals surface area (Å²) < 4.78 is 10.5. The third-order valence-electron chi connectivity index (χ3n) is 6.53. The van der Waals surface area contributed by atoms with Crippen molar-refractivity contribution in [3.05, 3.63) is 123 Å². The molecule has 0 aliphatic heterocycles. The Balaban J connectivity index is 1.57. The van der Waals surface area contributed by atoms with Gasteiger partial charge < -0.3 is 9.30 Å². The summed E-state index contributed by atoms with van der Waals surface area (Å²) >= 11 is 0. The Kier molecular flexibility index (Phi) is 7.03. The van der Waals surface area contributed by atoms with Crippen molar-refractivity contribution >= 4 is 11.2 Å². The molecule has 0 spiro atoms. The lowest BCUT2D eigenvalue weighted by Crippen LogP contribution is -2.40. The maximum absolute atomic E-state index is 13.7. The minimum Gasteiger partial charge on any atom is -0.492 e. The van der Waals surface area contributed by atoms with Crippen LogP contribution in [0.2, 0.25) is 0 Å². The van der Waals surface area contributed by atoms with E-state index in [0.29, 0.717) is 42.3 Å². The molecular weight excluding hydrogens is 464 g/mol. The first-order valence-corrected chi connectivity index (χ1v) is 12.6. The van der Waals surface area contributed by atoms with Gasteiger partial charge in [-0.25, -0.2) is 14.3 Å². The molecule has 0 N–H and O–H groups in total. The minimum atomic E-state index is -0.392. The topological polar surface area (TPSA) is 71.0 Å². The highest BCUT2D eigenvalue weighted by atomic mass is 16.5. The zero-order valence-corrected chi connectivity index (χ0v) is 21.1. The van der Waals surface area contributed by atoms with E-state index in [-0.39, 0.29) is 12.1 Å². The summed E-state index contributed by atoms with van der Waals surface area (Å²) in [5.41, 5.74) is 2.92. The van der Waals surface area contributed by atoms with Crippen LogP contribution in [-0.2, 0) is 19.5 Å². The van der Waals surface area contributed by atoms with E-state index in [1.807, 2.05) is 84.9 Å². The molecular formula is C30H30N4O3. The maximum Gasteiger partial charge on any atom is 0.337 e. The number of aromatic nitrogens is 4. The number of para-hydroxylation sites is 1. The van der Waals surface area contributed by atoms with E-state index >= 15 is 0 Å². The molecule has 2 heterocycles. The summed E-state index contributed by atoms with van der Waals surface area (Å²) in [6, 6.07) is 27.3. The van der Waals surface area contributed by atoms with Crippen molar-refractivity contribution in [3.63, 3.8) is 0 Å². The fourth-order valence-corrected chi connectivity index (χ4v) is 4.45. The van der Waals surface area contributed by atoms with E-state index in [0.717, 1.165) is 11.3 Å². The number of rotatable bonds is 9. The lowest BCUT2D eigenvalue weighted by Gasteiger charge is -2.14. The molecule has 0 aliphatic rings. The van der Waals surface area contributed by atoms with Crippen LogP contribution in [0.25, 0.3) is 16.9 Å². The van der Waals surface area contributed by atoms with Gasteiger partial charge in [0.15, 0.2) is 11.2 Å². The molecule has 5 aromatic rings. The molecule has 0 radical (unpaired) electrons. The summed E-state index contributed by atoms with van der Waals surface area (Å²) in [7, 11) is 0. The van der Waals surface area contributed by atoms with Crippen molar-refractivity contribution in [1.82, 2.24) is 18.7 Å². The Morgan fingerprint density at radius 3 is 2.19 bits per heavy atom. The highest BCUT2D eigenvalue weighted by Crippen LogP contribution is 2.19. The van der Waals surface area contributed by atoms with Crippen LogP contribution in [-0.4, -0.2) is 25.3 Å². The Morgan fingerprint density at radius 2 is 1.51 bits per heavy atom. The number of nitrogens with zero attached hydrogens (tertiary/aromatic N) is 4. The van der Waals surface area contributed by atoms with E-state index in [4.69, 9.17) is 4.74 Å². The number of hydrogen-bond donors (Lipinski definition) is 0. The second-order valence-electron chi connectivity index (χ2n) is 9.33. The molecule has 0 aliphatic carbocycles. The first kappa shape index (κ1) is 24.3. The molecule has 2 aromatic heterocycles. The number of hydrogen-bond acceptors (Lipinski definition) is 4. The molecule has 0 atom stereocenters. The van der Waals surface area contributed by atoms with Gasteiger partial charge in [-0.3, -0.25) is 9.36 Å². The van der Waals surface area contributed by atoms with Gasteiger partial charge in [0.05, 0.1) is 18.6 Å². The molecule has 3 aromatic carbocycles. The molecule has 7 heteroatoms. The highest BCUT2D eigenvalue weighted by Gasteiger charge is 2.19. The summed E-state index contributed by atoms with van der Waals surface area (Å²) in [4.78, 5) is 31.9. The molecule has 37 heavy (non-hydrogen) atoms. The second kappa shape index (κ2) is 10.7. The molecule has 7 nitrogen and oxygen atoms in total. The smallest absolute Gasteiger partial charge is 0.337 e. The lowest BCUT2D eigenvalue weighted by atomic mass is 10.0. The summed E-state index contributed by atoms with van der Waals surface area (Å²) in [5.74, 6) is 1.13. The largest absolute Gasteiger partial charge is 0.492 e. The van der Waals surface area contributed by atoms with Crippen LogP contribution in [0.5, 0.6) is 5.75 Å². The van der Waals surface area contributed by atoms with Gasteiger partial charge in [-0.1, -0.05) is 74.5 Å². The molecule has 188 valence electrons.